The third kappa shape index (κ3) is 11.4. The van der Waals surface area contributed by atoms with E-state index in [1.54, 1.807) is 42.5 Å². The molecule has 4 rings (SSSR count). The molecular weight excluding hydrogens is 560 g/mol. The Bertz CT molecular complexity index is 1270. The Morgan fingerprint density at radius 3 is 1.80 bits per heavy atom. The van der Waals surface area contributed by atoms with Gasteiger partial charge in [-0.1, -0.05) is 67.5 Å². The molecule has 2 unspecified atom stereocenters. The Morgan fingerprint density at radius 1 is 0.818 bits per heavy atom. The van der Waals surface area contributed by atoms with Crippen LogP contribution in [0.1, 0.15) is 87.4 Å². The number of azide groups is 1. The smallest absolute Gasteiger partial charge is 0.327 e. The largest absolute Gasteiger partial charge is 0.490 e. The number of hydrogen-bond donors (Lipinski definition) is 1. The third-order valence-electron chi connectivity index (χ3n) is 7.44. The van der Waals surface area contributed by atoms with Crippen molar-refractivity contribution in [1.82, 2.24) is 0 Å². The summed E-state index contributed by atoms with van der Waals surface area (Å²) >= 11 is 0. The average molecular weight is 605 g/mol. The van der Waals surface area contributed by atoms with Crippen LogP contribution >= 0.6 is 0 Å². The van der Waals surface area contributed by atoms with Crippen LogP contribution in [0, 0.1) is 0 Å². The normalized spacial score (nSPS) is 16.5. The minimum absolute atomic E-state index is 0.0255. The molecule has 0 aliphatic heterocycles. The first kappa shape index (κ1) is 34.2. The maximum Gasteiger partial charge on any atom is 0.327 e. The van der Waals surface area contributed by atoms with E-state index in [9.17, 15) is 9.59 Å². The summed E-state index contributed by atoms with van der Waals surface area (Å²) in [5.74, 6) is 0.401. The van der Waals surface area contributed by atoms with Crippen LogP contribution in [0.15, 0.2) is 79.0 Å². The third-order valence-corrected chi connectivity index (χ3v) is 7.44. The molecule has 2 N–H and O–H groups in total. The van der Waals surface area contributed by atoms with Gasteiger partial charge in [0.2, 0.25) is 0 Å². The molecule has 2 saturated carbocycles. The van der Waals surface area contributed by atoms with E-state index >= 15 is 0 Å². The van der Waals surface area contributed by atoms with E-state index in [4.69, 9.17) is 30.2 Å². The Hall–Kier alpha value is -4.27. The highest BCUT2D eigenvalue weighted by Gasteiger charge is 2.26. The van der Waals surface area contributed by atoms with Gasteiger partial charge in [-0.05, 0) is 92.3 Å². The molecule has 0 radical (unpaired) electrons. The minimum Gasteiger partial charge on any atom is -0.490 e. The highest BCUT2D eigenvalue weighted by molar-refractivity contribution is 5.78. The lowest BCUT2D eigenvalue weighted by Gasteiger charge is -2.23. The van der Waals surface area contributed by atoms with Crippen LogP contribution in [0.25, 0.3) is 10.4 Å². The Kier molecular flexibility index (Phi) is 14.9. The number of nitrogens with two attached hydrogens (primary N) is 1. The lowest BCUT2D eigenvalue weighted by Crippen LogP contribution is -2.29. The number of carbonyl (C=O) groups excluding carboxylic acids is 2. The second kappa shape index (κ2) is 19.1. The number of nitrogens with zero attached hydrogens (tertiary/aromatic N) is 3. The van der Waals surface area contributed by atoms with Gasteiger partial charge in [0.05, 0.1) is 0 Å². The predicted octanol–water partition coefficient (Wildman–Crippen LogP) is 7.61. The molecular formula is C34H44N4O6. The van der Waals surface area contributed by atoms with Crippen LogP contribution in [0.2, 0.25) is 0 Å². The lowest BCUT2D eigenvalue weighted by molar-refractivity contribution is -0.153. The van der Waals surface area contributed by atoms with E-state index in [1.807, 2.05) is 18.2 Å². The first-order valence-corrected chi connectivity index (χ1v) is 15.3. The molecule has 2 aromatic carbocycles. The second-order valence-electron chi connectivity index (χ2n) is 10.8. The highest BCUT2D eigenvalue weighted by atomic mass is 16.5. The molecule has 2 aromatic rings. The molecule has 2 aliphatic carbocycles. The summed E-state index contributed by atoms with van der Waals surface area (Å²) in [5.41, 5.74) is 16.0. The van der Waals surface area contributed by atoms with E-state index in [1.165, 1.54) is 12.8 Å². The Morgan fingerprint density at radius 2 is 1.30 bits per heavy atom. The molecule has 44 heavy (non-hydrogen) atoms. The fourth-order valence-electron chi connectivity index (χ4n) is 5.15. The number of rotatable bonds is 13. The molecule has 236 valence electrons. The summed E-state index contributed by atoms with van der Waals surface area (Å²) in [7, 11) is 0. The van der Waals surface area contributed by atoms with Crippen LogP contribution in [0.4, 0.5) is 0 Å². The maximum atomic E-state index is 12.4. The van der Waals surface area contributed by atoms with Gasteiger partial charge in [-0.3, -0.25) is 4.79 Å². The number of carbonyl (C=O) groups is 2. The van der Waals surface area contributed by atoms with Crippen LogP contribution < -0.4 is 15.2 Å². The first-order chi connectivity index (χ1) is 21.4. The molecule has 10 heteroatoms. The van der Waals surface area contributed by atoms with Gasteiger partial charge in [-0.15, -0.1) is 0 Å². The van der Waals surface area contributed by atoms with Crippen LogP contribution in [0.5, 0.6) is 11.5 Å². The van der Waals surface area contributed by atoms with Crippen molar-refractivity contribution in [3.05, 3.63) is 95.4 Å². The van der Waals surface area contributed by atoms with Crippen LogP contribution in [0.3, 0.4) is 0 Å². The molecule has 0 aromatic heterocycles. The summed E-state index contributed by atoms with van der Waals surface area (Å²) in [6.45, 7) is 7.98. The summed E-state index contributed by atoms with van der Waals surface area (Å²) in [6, 6.07) is 12.4. The van der Waals surface area contributed by atoms with Crippen molar-refractivity contribution in [2.45, 2.75) is 88.5 Å². The molecule has 0 spiro atoms. The number of ether oxygens (including phenoxy) is 4. The minimum atomic E-state index is -0.991. The van der Waals surface area contributed by atoms with Gasteiger partial charge in [0.1, 0.15) is 43.0 Å². The molecule has 0 bridgehead atoms. The molecule has 0 saturated heterocycles. The predicted molar refractivity (Wildman–Crippen MR) is 169 cm³/mol. The van der Waals surface area contributed by atoms with Crippen LogP contribution in [-0.2, 0) is 19.1 Å². The zero-order valence-electron chi connectivity index (χ0n) is 25.4. The van der Waals surface area contributed by atoms with Gasteiger partial charge in [0.25, 0.3) is 0 Å². The summed E-state index contributed by atoms with van der Waals surface area (Å²) < 4.78 is 21.9. The van der Waals surface area contributed by atoms with Gasteiger partial charge in [-0.25, -0.2) is 4.79 Å². The quantitative estimate of drug-likeness (QED) is 0.0814. The van der Waals surface area contributed by atoms with E-state index in [0.717, 1.165) is 51.4 Å². The number of hydrogen-bond acceptors (Lipinski definition) is 8. The van der Waals surface area contributed by atoms with E-state index in [0.29, 0.717) is 35.8 Å². The Balaban J connectivity index is 0.000000241. The van der Waals surface area contributed by atoms with Crippen molar-refractivity contribution in [2.24, 2.45) is 10.8 Å². The van der Waals surface area contributed by atoms with E-state index in [2.05, 4.69) is 23.2 Å². The zero-order valence-corrected chi connectivity index (χ0v) is 25.4. The zero-order chi connectivity index (χ0) is 31.6. The molecule has 0 heterocycles. The van der Waals surface area contributed by atoms with Gasteiger partial charge >= 0.3 is 11.9 Å². The van der Waals surface area contributed by atoms with Gasteiger partial charge < -0.3 is 24.7 Å². The monoisotopic (exact) mass is 604 g/mol. The SMILES string of the molecule is C=CCOc1cccc(C(N)C(=O)OC2CCCCC2)c1.C=CCOc1cccc(C(N=[N+]=[N-])C(=O)OC2CCCCC2)c1. The van der Waals surface area contributed by atoms with Crippen molar-refractivity contribution in [2.75, 3.05) is 13.2 Å². The van der Waals surface area contributed by atoms with Crippen molar-refractivity contribution in [3.63, 3.8) is 0 Å². The van der Waals surface area contributed by atoms with E-state index in [-0.39, 0.29) is 18.2 Å². The van der Waals surface area contributed by atoms with Crippen molar-refractivity contribution < 1.29 is 28.5 Å². The highest BCUT2D eigenvalue weighted by Crippen LogP contribution is 2.28. The first-order valence-electron chi connectivity index (χ1n) is 15.3. The standard InChI is InChI=1S/C17H21N3O3.C17H23NO3/c1-2-11-22-15-10-6-7-13(12-15)16(19-20-18)17(21)23-14-8-4-3-5-9-14;1-2-11-20-15-10-6-7-13(12-15)16(18)17(19)21-14-8-4-3-5-9-14/h2,6-7,10,12,14,16H,1,3-5,8-9,11H2;2,6-7,10,12,14,16H,1,3-5,8-9,11,18H2. The average Bonchev–Trinajstić information content (AvgIpc) is 3.06. The Labute approximate surface area is 259 Å². The lowest BCUT2D eigenvalue weighted by atomic mass is 9.97. The molecule has 0 amide bonds. The summed E-state index contributed by atoms with van der Waals surface area (Å²) in [4.78, 5) is 27.3. The molecule has 2 fully saturated rings. The molecule has 2 aliphatic rings. The second-order valence-corrected chi connectivity index (χ2v) is 10.8. The topological polar surface area (TPSA) is 146 Å². The van der Waals surface area contributed by atoms with Crippen molar-refractivity contribution >= 4 is 11.9 Å². The van der Waals surface area contributed by atoms with Crippen molar-refractivity contribution in [3.8, 4) is 11.5 Å². The van der Waals surface area contributed by atoms with E-state index < -0.39 is 18.1 Å². The molecule has 2 atom stereocenters. The summed E-state index contributed by atoms with van der Waals surface area (Å²) in [5, 5.41) is 3.61. The van der Waals surface area contributed by atoms with Gasteiger partial charge in [-0.2, -0.15) is 0 Å². The number of benzene rings is 2. The maximum absolute atomic E-state index is 12.4. The molecule has 10 nitrogen and oxygen atoms in total. The van der Waals surface area contributed by atoms with Gasteiger partial charge in [0.15, 0.2) is 6.04 Å². The van der Waals surface area contributed by atoms with Crippen LogP contribution in [-0.4, -0.2) is 37.4 Å². The fraction of sp³-hybridized carbons (Fsp3) is 0.471. The fourth-order valence-corrected chi connectivity index (χ4v) is 5.15. The van der Waals surface area contributed by atoms with Crippen molar-refractivity contribution in [1.29, 1.82) is 0 Å². The van der Waals surface area contributed by atoms with Gasteiger partial charge in [0, 0.05) is 4.91 Å². The summed E-state index contributed by atoms with van der Waals surface area (Å²) in [6.07, 6.45) is 13.7. The number of esters is 2.